The molecule has 1 fully saturated rings. The van der Waals surface area contributed by atoms with E-state index in [-0.39, 0.29) is 11.8 Å². The summed E-state index contributed by atoms with van der Waals surface area (Å²) in [5, 5.41) is 9.17. The lowest BCUT2D eigenvalue weighted by Crippen LogP contribution is -2.42. The molecule has 1 aromatic carbocycles. The summed E-state index contributed by atoms with van der Waals surface area (Å²) >= 11 is 1.68. The van der Waals surface area contributed by atoms with Crippen LogP contribution in [0.25, 0.3) is 0 Å². The van der Waals surface area contributed by atoms with Gasteiger partial charge in [-0.1, -0.05) is 18.2 Å². The summed E-state index contributed by atoms with van der Waals surface area (Å²) < 4.78 is 0. The molecule has 2 atom stereocenters. The van der Waals surface area contributed by atoms with Crippen LogP contribution >= 0.6 is 11.8 Å². The summed E-state index contributed by atoms with van der Waals surface area (Å²) in [6.07, 6.45) is 1.35. The van der Waals surface area contributed by atoms with Crippen molar-refractivity contribution in [2.24, 2.45) is 0 Å². The zero-order valence-corrected chi connectivity index (χ0v) is 11.2. The molecule has 2 heterocycles. The van der Waals surface area contributed by atoms with Crippen molar-refractivity contribution in [3.63, 3.8) is 0 Å². The van der Waals surface area contributed by atoms with Crippen LogP contribution in [0.3, 0.4) is 0 Å². The van der Waals surface area contributed by atoms with Gasteiger partial charge in [0.15, 0.2) is 0 Å². The van der Waals surface area contributed by atoms with E-state index in [2.05, 4.69) is 0 Å². The summed E-state index contributed by atoms with van der Waals surface area (Å²) in [6.45, 7) is 0.569. The Balaban J connectivity index is 1.84. The van der Waals surface area contributed by atoms with Crippen LogP contribution in [-0.2, 0) is 9.59 Å². The Morgan fingerprint density at radius 3 is 2.89 bits per heavy atom. The van der Waals surface area contributed by atoms with E-state index in [0.29, 0.717) is 13.0 Å². The van der Waals surface area contributed by atoms with E-state index < -0.39 is 12.0 Å². The summed E-state index contributed by atoms with van der Waals surface area (Å²) in [4.78, 5) is 26.4. The van der Waals surface area contributed by atoms with Gasteiger partial charge in [0.1, 0.15) is 6.04 Å². The van der Waals surface area contributed by atoms with Crippen molar-refractivity contribution in [3.05, 3.63) is 29.8 Å². The minimum atomic E-state index is -0.884. The molecule has 4 nitrogen and oxygen atoms in total. The smallest absolute Gasteiger partial charge is 0.326 e. The molecule has 1 unspecified atom stereocenters. The number of carbonyl (C=O) groups is 2. The maximum absolute atomic E-state index is 12.6. The third kappa shape index (κ3) is 2.12. The Labute approximate surface area is 115 Å². The second-order valence-electron chi connectivity index (χ2n) is 4.93. The molecule has 0 bridgehead atoms. The number of hydrogen-bond donors (Lipinski definition) is 1. The summed E-state index contributed by atoms with van der Waals surface area (Å²) in [6, 6.07) is 7.26. The van der Waals surface area contributed by atoms with E-state index in [1.54, 1.807) is 16.7 Å². The van der Waals surface area contributed by atoms with E-state index in [4.69, 9.17) is 0 Å². The zero-order chi connectivity index (χ0) is 13.4. The number of amides is 1. The first kappa shape index (κ1) is 12.5. The molecule has 2 aliphatic heterocycles. The average molecular weight is 277 g/mol. The lowest BCUT2D eigenvalue weighted by Gasteiger charge is -2.24. The highest BCUT2D eigenvalue weighted by molar-refractivity contribution is 7.99. The fourth-order valence-electron chi connectivity index (χ4n) is 2.85. The van der Waals surface area contributed by atoms with Crippen molar-refractivity contribution < 1.29 is 14.7 Å². The van der Waals surface area contributed by atoms with Crippen LogP contribution in [0.5, 0.6) is 0 Å². The molecular weight excluding hydrogens is 262 g/mol. The minimum Gasteiger partial charge on any atom is -0.480 e. The predicted octanol–water partition coefficient (Wildman–Crippen LogP) is 1.95. The molecule has 1 saturated heterocycles. The predicted molar refractivity (Wildman–Crippen MR) is 72.3 cm³/mol. The number of fused-ring (bicyclic) bond motifs is 1. The van der Waals surface area contributed by atoms with Crippen molar-refractivity contribution in [2.75, 3.05) is 12.3 Å². The first-order chi connectivity index (χ1) is 9.18. The van der Waals surface area contributed by atoms with Gasteiger partial charge in [-0.25, -0.2) is 4.79 Å². The number of nitrogens with zero attached hydrogens (tertiary/aromatic N) is 1. The van der Waals surface area contributed by atoms with Gasteiger partial charge in [-0.2, -0.15) is 0 Å². The minimum absolute atomic E-state index is 0.0256. The highest BCUT2D eigenvalue weighted by Gasteiger charge is 2.39. The van der Waals surface area contributed by atoms with E-state index in [9.17, 15) is 14.7 Å². The van der Waals surface area contributed by atoms with Gasteiger partial charge in [0.05, 0.1) is 5.92 Å². The van der Waals surface area contributed by atoms with E-state index in [0.717, 1.165) is 22.6 Å². The molecule has 2 aliphatic rings. The van der Waals surface area contributed by atoms with E-state index in [1.807, 2.05) is 24.3 Å². The maximum Gasteiger partial charge on any atom is 0.326 e. The Bertz CT molecular complexity index is 531. The van der Waals surface area contributed by atoms with E-state index in [1.165, 1.54) is 0 Å². The second kappa shape index (κ2) is 4.89. The summed E-state index contributed by atoms with van der Waals surface area (Å²) in [5.74, 6) is -0.366. The van der Waals surface area contributed by atoms with Gasteiger partial charge in [-0.05, 0) is 24.5 Å². The monoisotopic (exact) mass is 277 g/mol. The Morgan fingerprint density at radius 2 is 2.11 bits per heavy atom. The molecule has 0 aliphatic carbocycles. The standard InChI is InChI=1S/C14H15NO3S/c16-13(15-7-3-5-11(15)14(17)18)10-8-19-12-6-2-1-4-9(10)12/h1-2,4,6,10-11H,3,5,7-8H2,(H,17,18)/t10?,11-/m1/s1. The molecule has 100 valence electrons. The number of benzene rings is 1. The van der Waals surface area contributed by atoms with Crippen LogP contribution in [-0.4, -0.2) is 40.2 Å². The van der Waals surface area contributed by atoms with Crippen LogP contribution in [0.2, 0.25) is 0 Å². The molecule has 1 aromatic rings. The number of likely N-dealkylation sites (tertiary alicyclic amines) is 1. The quantitative estimate of drug-likeness (QED) is 0.897. The van der Waals surface area contributed by atoms with Gasteiger partial charge in [-0.15, -0.1) is 11.8 Å². The lowest BCUT2D eigenvalue weighted by atomic mass is 9.99. The highest BCUT2D eigenvalue weighted by atomic mass is 32.2. The molecule has 0 saturated carbocycles. The van der Waals surface area contributed by atoms with Gasteiger partial charge in [0.25, 0.3) is 0 Å². The first-order valence-electron chi connectivity index (χ1n) is 6.43. The zero-order valence-electron chi connectivity index (χ0n) is 10.4. The third-order valence-corrected chi connectivity index (χ3v) is 5.00. The van der Waals surface area contributed by atoms with E-state index >= 15 is 0 Å². The fourth-order valence-corrected chi connectivity index (χ4v) is 4.07. The number of hydrogen-bond acceptors (Lipinski definition) is 3. The average Bonchev–Trinajstić information content (AvgIpc) is 3.05. The normalized spacial score (nSPS) is 25.4. The fraction of sp³-hybridized carbons (Fsp3) is 0.429. The van der Waals surface area contributed by atoms with Crippen LogP contribution in [0, 0.1) is 0 Å². The molecular formula is C14H15NO3S. The van der Waals surface area contributed by atoms with Crippen molar-refractivity contribution in [1.29, 1.82) is 0 Å². The maximum atomic E-state index is 12.6. The molecule has 1 N–H and O–H groups in total. The molecule has 19 heavy (non-hydrogen) atoms. The van der Waals surface area contributed by atoms with Gasteiger partial charge in [0.2, 0.25) is 5.91 Å². The van der Waals surface area contributed by atoms with Crippen molar-refractivity contribution >= 4 is 23.6 Å². The number of aliphatic carboxylic acids is 1. The van der Waals surface area contributed by atoms with Crippen LogP contribution < -0.4 is 0 Å². The van der Waals surface area contributed by atoms with Crippen LogP contribution in [0.1, 0.15) is 24.3 Å². The summed E-state index contributed by atoms with van der Waals surface area (Å²) in [5.41, 5.74) is 1.05. The Morgan fingerprint density at radius 1 is 1.32 bits per heavy atom. The molecule has 5 heteroatoms. The Kier molecular flexibility index (Phi) is 3.22. The first-order valence-corrected chi connectivity index (χ1v) is 7.42. The summed E-state index contributed by atoms with van der Waals surface area (Å²) in [7, 11) is 0. The number of carbonyl (C=O) groups excluding carboxylic acids is 1. The molecule has 0 aromatic heterocycles. The van der Waals surface area contributed by atoms with Crippen molar-refractivity contribution in [1.82, 2.24) is 4.90 Å². The molecule has 0 spiro atoms. The van der Waals surface area contributed by atoms with Gasteiger partial charge in [0, 0.05) is 17.2 Å². The molecule has 3 rings (SSSR count). The highest BCUT2D eigenvalue weighted by Crippen LogP contribution is 2.41. The van der Waals surface area contributed by atoms with Crippen molar-refractivity contribution in [2.45, 2.75) is 29.7 Å². The number of carboxylic acid groups (broad SMARTS) is 1. The number of rotatable bonds is 2. The molecule has 1 amide bonds. The largest absolute Gasteiger partial charge is 0.480 e. The lowest BCUT2D eigenvalue weighted by molar-refractivity contribution is -0.148. The molecule has 0 radical (unpaired) electrons. The SMILES string of the molecule is O=C(O)[C@H]1CCCN1C(=O)C1CSc2ccccc21. The van der Waals surface area contributed by atoms with Crippen molar-refractivity contribution in [3.8, 4) is 0 Å². The van der Waals surface area contributed by atoms with Gasteiger partial charge >= 0.3 is 5.97 Å². The number of thioether (sulfide) groups is 1. The Hall–Kier alpha value is -1.49. The second-order valence-corrected chi connectivity index (χ2v) is 5.99. The van der Waals surface area contributed by atoms with Gasteiger partial charge < -0.3 is 10.0 Å². The van der Waals surface area contributed by atoms with Crippen LogP contribution in [0.4, 0.5) is 0 Å². The number of carboxylic acids is 1. The van der Waals surface area contributed by atoms with Crippen LogP contribution in [0.15, 0.2) is 29.2 Å². The third-order valence-electron chi connectivity index (χ3n) is 3.82. The van der Waals surface area contributed by atoms with Gasteiger partial charge in [-0.3, -0.25) is 4.79 Å². The topological polar surface area (TPSA) is 57.6 Å².